The minimum Gasteiger partial charge on any atom is -0.385 e. The lowest BCUT2D eigenvalue weighted by Crippen LogP contribution is -2.39. The van der Waals surface area contributed by atoms with E-state index >= 15 is 0 Å². The van der Waals surface area contributed by atoms with Crippen molar-refractivity contribution in [3.8, 4) is 0 Å². The third kappa shape index (κ3) is 5.83. The van der Waals surface area contributed by atoms with Crippen LogP contribution < -0.4 is 5.32 Å². The Balaban J connectivity index is 2.02. The van der Waals surface area contributed by atoms with Crippen molar-refractivity contribution in [1.82, 2.24) is 5.32 Å². The van der Waals surface area contributed by atoms with E-state index in [2.05, 4.69) is 12.2 Å². The van der Waals surface area contributed by atoms with Crippen molar-refractivity contribution in [2.45, 2.75) is 57.6 Å². The van der Waals surface area contributed by atoms with Crippen LogP contribution in [0.5, 0.6) is 0 Å². The second kappa shape index (κ2) is 8.97. The first-order valence-electron chi connectivity index (χ1n) is 6.70. The zero-order chi connectivity index (χ0) is 11.6. The molecular weight excluding hydrogens is 202 g/mol. The molecule has 0 amide bonds. The predicted molar refractivity (Wildman–Crippen MR) is 66.8 cm³/mol. The van der Waals surface area contributed by atoms with Crippen molar-refractivity contribution in [2.24, 2.45) is 0 Å². The van der Waals surface area contributed by atoms with Gasteiger partial charge in [-0.15, -0.1) is 0 Å². The Bertz CT molecular complexity index is 162. The summed E-state index contributed by atoms with van der Waals surface area (Å²) < 4.78 is 10.8. The Morgan fingerprint density at radius 2 is 2.25 bits per heavy atom. The molecule has 3 heteroatoms. The van der Waals surface area contributed by atoms with Gasteiger partial charge in [0.2, 0.25) is 0 Å². The fraction of sp³-hybridized carbons (Fsp3) is 1.00. The molecule has 0 radical (unpaired) electrons. The van der Waals surface area contributed by atoms with Gasteiger partial charge in [0.15, 0.2) is 0 Å². The molecule has 0 aliphatic carbocycles. The molecule has 2 unspecified atom stereocenters. The fourth-order valence-electron chi connectivity index (χ4n) is 2.27. The molecule has 0 aromatic heterocycles. The van der Waals surface area contributed by atoms with Gasteiger partial charge in [0.1, 0.15) is 0 Å². The minimum atomic E-state index is 0.496. The lowest BCUT2D eigenvalue weighted by atomic mass is 10.00. The van der Waals surface area contributed by atoms with E-state index in [4.69, 9.17) is 9.47 Å². The average molecular weight is 229 g/mol. The highest BCUT2D eigenvalue weighted by atomic mass is 16.5. The quantitative estimate of drug-likeness (QED) is 0.648. The van der Waals surface area contributed by atoms with Crippen molar-refractivity contribution in [2.75, 3.05) is 26.9 Å². The van der Waals surface area contributed by atoms with Gasteiger partial charge in [-0.3, -0.25) is 0 Å². The standard InChI is InChI=1S/C13H27NO2/c1-3-6-13-11-12(7-10-16-13)14-8-4-5-9-15-2/h12-14H,3-11H2,1-2H3. The second-order valence-corrected chi connectivity index (χ2v) is 4.66. The molecule has 0 spiro atoms. The number of methoxy groups -OCH3 is 1. The maximum Gasteiger partial charge on any atom is 0.0589 e. The topological polar surface area (TPSA) is 30.5 Å². The monoisotopic (exact) mass is 229 g/mol. The van der Waals surface area contributed by atoms with Crippen molar-refractivity contribution in [1.29, 1.82) is 0 Å². The minimum absolute atomic E-state index is 0.496. The van der Waals surface area contributed by atoms with E-state index in [0.29, 0.717) is 12.1 Å². The predicted octanol–water partition coefficient (Wildman–Crippen LogP) is 2.35. The normalized spacial score (nSPS) is 25.9. The van der Waals surface area contributed by atoms with E-state index in [1.54, 1.807) is 7.11 Å². The Morgan fingerprint density at radius 1 is 1.38 bits per heavy atom. The number of unbranched alkanes of at least 4 members (excludes halogenated alkanes) is 1. The first-order valence-corrected chi connectivity index (χ1v) is 6.70. The van der Waals surface area contributed by atoms with Crippen molar-refractivity contribution in [3.05, 3.63) is 0 Å². The summed E-state index contributed by atoms with van der Waals surface area (Å²) >= 11 is 0. The van der Waals surface area contributed by atoms with Gasteiger partial charge in [0.05, 0.1) is 6.10 Å². The highest BCUT2D eigenvalue weighted by molar-refractivity contribution is 4.76. The molecule has 1 heterocycles. The number of ether oxygens (including phenoxy) is 2. The van der Waals surface area contributed by atoms with Crippen LogP contribution in [-0.2, 0) is 9.47 Å². The Hall–Kier alpha value is -0.120. The first kappa shape index (κ1) is 13.9. The largest absolute Gasteiger partial charge is 0.385 e. The van der Waals surface area contributed by atoms with E-state index in [1.807, 2.05) is 0 Å². The molecule has 1 rings (SSSR count). The van der Waals surface area contributed by atoms with Crippen molar-refractivity contribution >= 4 is 0 Å². The molecule has 1 saturated heterocycles. The van der Waals surface area contributed by atoms with Crippen molar-refractivity contribution in [3.63, 3.8) is 0 Å². The van der Waals surface area contributed by atoms with Gasteiger partial charge in [-0.2, -0.15) is 0 Å². The molecule has 1 aliphatic heterocycles. The van der Waals surface area contributed by atoms with Gasteiger partial charge < -0.3 is 14.8 Å². The molecule has 1 fully saturated rings. The van der Waals surface area contributed by atoms with Crippen LogP contribution in [0.2, 0.25) is 0 Å². The Morgan fingerprint density at radius 3 is 3.00 bits per heavy atom. The van der Waals surface area contributed by atoms with Gasteiger partial charge in [-0.1, -0.05) is 13.3 Å². The smallest absolute Gasteiger partial charge is 0.0589 e. The second-order valence-electron chi connectivity index (χ2n) is 4.66. The maximum atomic E-state index is 5.73. The van der Waals surface area contributed by atoms with Gasteiger partial charge >= 0.3 is 0 Å². The maximum absolute atomic E-state index is 5.73. The molecular formula is C13H27NO2. The molecule has 96 valence electrons. The van der Waals surface area contributed by atoms with Gasteiger partial charge in [-0.05, 0) is 38.6 Å². The lowest BCUT2D eigenvalue weighted by Gasteiger charge is -2.30. The summed E-state index contributed by atoms with van der Waals surface area (Å²) in [5.74, 6) is 0. The number of hydrogen-bond donors (Lipinski definition) is 1. The fourth-order valence-corrected chi connectivity index (χ4v) is 2.27. The molecule has 0 aromatic rings. The van der Waals surface area contributed by atoms with E-state index in [0.717, 1.165) is 26.2 Å². The lowest BCUT2D eigenvalue weighted by molar-refractivity contribution is -0.00317. The number of rotatable bonds is 8. The summed E-state index contributed by atoms with van der Waals surface area (Å²) in [6, 6.07) is 0.674. The zero-order valence-electron chi connectivity index (χ0n) is 10.8. The number of nitrogens with one attached hydrogen (secondary N) is 1. The Labute approximate surface area is 99.9 Å². The van der Waals surface area contributed by atoms with Crippen LogP contribution in [-0.4, -0.2) is 39.0 Å². The van der Waals surface area contributed by atoms with Crippen LogP contribution in [0.3, 0.4) is 0 Å². The molecule has 1 aliphatic rings. The van der Waals surface area contributed by atoms with Crippen LogP contribution in [0, 0.1) is 0 Å². The van der Waals surface area contributed by atoms with Gasteiger partial charge in [0.25, 0.3) is 0 Å². The van der Waals surface area contributed by atoms with Crippen LogP contribution in [0.4, 0.5) is 0 Å². The first-order chi connectivity index (χ1) is 7.86. The highest BCUT2D eigenvalue weighted by Crippen LogP contribution is 2.17. The van der Waals surface area contributed by atoms with Crippen molar-refractivity contribution < 1.29 is 9.47 Å². The Kier molecular flexibility index (Phi) is 7.81. The molecule has 1 N–H and O–H groups in total. The summed E-state index contributed by atoms with van der Waals surface area (Å²) in [4.78, 5) is 0. The number of hydrogen-bond acceptors (Lipinski definition) is 3. The molecule has 2 atom stereocenters. The molecule has 16 heavy (non-hydrogen) atoms. The SMILES string of the molecule is CCCC1CC(NCCCCOC)CCO1. The van der Waals surface area contributed by atoms with Crippen LogP contribution in [0.1, 0.15) is 45.4 Å². The van der Waals surface area contributed by atoms with Gasteiger partial charge in [-0.25, -0.2) is 0 Å². The van der Waals surface area contributed by atoms with Gasteiger partial charge in [0, 0.05) is 26.4 Å². The third-order valence-electron chi connectivity index (χ3n) is 3.19. The molecule has 0 saturated carbocycles. The summed E-state index contributed by atoms with van der Waals surface area (Å²) in [7, 11) is 1.77. The summed E-state index contributed by atoms with van der Waals surface area (Å²) in [5, 5.41) is 3.63. The third-order valence-corrected chi connectivity index (χ3v) is 3.19. The molecule has 3 nitrogen and oxygen atoms in total. The highest BCUT2D eigenvalue weighted by Gasteiger charge is 2.20. The average Bonchev–Trinajstić information content (AvgIpc) is 2.30. The zero-order valence-corrected chi connectivity index (χ0v) is 10.8. The van der Waals surface area contributed by atoms with E-state index in [-0.39, 0.29) is 0 Å². The van der Waals surface area contributed by atoms with E-state index in [9.17, 15) is 0 Å². The van der Waals surface area contributed by atoms with E-state index in [1.165, 1.54) is 32.1 Å². The summed E-state index contributed by atoms with van der Waals surface area (Å²) in [5.41, 5.74) is 0. The van der Waals surface area contributed by atoms with Crippen LogP contribution in [0.25, 0.3) is 0 Å². The molecule has 0 aromatic carbocycles. The van der Waals surface area contributed by atoms with Crippen LogP contribution >= 0.6 is 0 Å². The summed E-state index contributed by atoms with van der Waals surface area (Å²) in [6.45, 7) is 5.16. The molecule has 0 bridgehead atoms. The van der Waals surface area contributed by atoms with E-state index < -0.39 is 0 Å². The van der Waals surface area contributed by atoms with Crippen LogP contribution in [0.15, 0.2) is 0 Å². The summed E-state index contributed by atoms with van der Waals surface area (Å²) in [6.07, 6.45) is 7.67.